The molecule has 0 spiro atoms. The lowest BCUT2D eigenvalue weighted by molar-refractivity contribution is -0.276. The fourth-order valence-electron chi connectivity index (χ4n) is 6.63. The number of hydrogen-bond donors (Lipinski definition) is 3. The first-order valence-electron chi connectivity index (χ1n) is 16.1. The number of aliphatic hydroxyl groups is 2. The van der Waals surface area contributed by atoms with E-state index in [0.29, 0.717) is 17.8 Å². The van der Waals surface area contributed by atoms with Gasteiger partial charge in [-0.2, -0.15) is 0 Å². The molecule has 0 aliphatic carbocycles. The van der Waals surface area contributed by atoms with Gasteiger partial charge in [-0.25, -0.2) is 9.69 Å². The van der Waals surface area contributed by atoms with Crippen molar-refractivity contribution in [1.29, 1.82) is 0 Å². The van der Waals surface area contributed by atoms with Crippen molar-refractivity contribution in [3.05, 3.63) is 101 Å². The monoisotopic (exact) mass is 643 g/mol. The summed E-state index contributed by atoms with van der Waals surface area (Å²) in [5, 5.41) is 22.0. The molecule has 0 aromatic heterocycles. The van der Waals surface area contributed by atoms with E-state index < -0.39 is 30.2 Å². The molecular weight excluding hydrogens is 602 g/mol. The molecule has 6 rings (SSSR count). The Morgan fingerprint density at radius 1 is 0.957 bits per heavy atom. The van der Waals surface area contributed by atoms with Crippen molar-refractivity contribution in [2.24, 2.45) is 5.92 Å². The van der Waals surface area contributed by atoms with Gasteiger partial charge in [0.05, 0.1) is 37.5 Å². The van der Waals surface area contributed by atoms with Gasteiger partial charge in [-0.1, -0.05) is 73.7 Å². The van der Waals surface area contributed by atoms with Crippen molar-refractivity contribution in [3.8, 4) is 0 Å². The highest BCUT2D eigenvalue weighted by molar-refractivity contribution is 6.22. The molecule has 11 nitrogen and oxygen atoms in total. The van der Waals surface area contributed by atoms with Crippen molar-refractivity contribution in [3.63, 3.8) is 0 Å². The summed E-state index contributed by atoms with van der Waals surface area (Å²) in [4.78, 5) is 42.3. The maximum absolute atomic E-state index is 13.4. The summed E-state index contributed by atoms with van der Waals surface area (Å²) >= 11 is 0. The van der Waals surface area contributed by atoms with Gasteiger partial charge in [0.2, 0.25) is 5.91 Å². The van der Waals surface area contributed by atoms with E-state index in [1.165, 1.54) is 0 Å². The highest BCUT2D eigenvalue weighted by Crippen LogP contribution is 2.43. The van der Waals surface area contributed by atoms with E-state index in [4.69, 9.17) is 14.2 Å². The van der Waals surface area contributed by atoms with Crippen LogP contribution in [0.15, 0.2) is 78.9 Å². The van der Waals surface area contributed by atoms with Crippen LogP contribution in [0, 0.1) is 5.92 Å². The Labute approximate surface area is 274 Å². The number of hydrogen-bond acceptors (Lipinski definition) is 9. The van der Waals surface area contributed by atoms with E-state index in [9.17, 15) is 24.6 Å². The van der Waals surface area contributed by atoms with Crippen LogP contribution in [-0.4, -0.2) is 70.9 Å². The van der Waals surface area contributed by atoms with E-state index >= 15 is 0 Å². The van der Waals surface area contributed by atoms with Gasteiger partial charge >= 0.3 is 6.09 Å². The van der Waals surface area contributed by atoms with Gasteiger partial charge in [-0.15, -0.1) is 0 Å². The van der Waals surface area contributed by atoms with Crippen LogP contribution in [-0.2, 0) is 37.0 Å². The van der Waals surface area contributed by atoms with Gasteiger partial charge in [0.25, 0.3) is 5.91 Å². The van der Waals surface area contributed by atoms with Crippen LogP contribution in [0.3, 0.4) is 0 Å². The quantitative estimate of drug-likeness (QED) is 0.280. The fraction of sp³-hybridized carbons (Fsp3) is 0.417. The third kappa shape index (κ3) is 7.39. The average molecular weight is 644 g/mol. The van der Waals surface area contributed by atoms with Crippen molar-refractivity contribution < 1.29 is 38.8 Å². The lowest BCUT2D eigenvalue weighted by atomic mass is 9.90. The Morgan fingerprint density at radius 3 is 2.49 bits per heavy atom. The second-order valence-corrected chi connectivity index (χ2v) is 12.4. The SMILES string of the molecule is C[C@@H]1[C@H](CN2CCC[C@H]2CO)O[C@H](c2cccc(N3C(=O)CC(NC(=O)OCc4ccccc4)C3=O)c2)O[C@@H]1c1ccc(CO)cc1. The van der Waals surface area contributed by atoms with Gasteiger partial charge in [0.1, 0.15) is 12.6 Å². The summed E-state index contributed by atoms with van der Waals surface area (Å²) in [5.41, 5.74) is 3.54. The van der Waals surface area contributed by atoms with Crippen LogP contribution in [0.4, 0.5) is 10.5 Å². The van der Waals surface area contributed by atoms with Gasteiger partial charge in [-0.05, 0) is 48.2 Å². The number of benzene rings is 3. The van der Waals surface area contributed by atoms with E-state index in [-0.39, 0.29) is 50.4 Å². The Balaban J connectivity index is 1.19. The molecule has 3 amide bonds. The van der Waals surface area contributed by atoms with Gasteiger partial charge < -0.3 is 29.7 Å². The zero-order valence-electron chi connectivity index (χ0n) is 26.4. The molecular formula is C36H41N3O8. The minimum atomic E-state index is -1.05. The standard InChI is InChI=1S/C36H41N3O8/c1-23-31(19-38-16-6-11-29(38)21-41)46-35(47-33(23)26-14-12-24(20-40)13-15-26)27-9-5-10-28(17-27)39-32(42)18-30(34(39)43)37-36(44)45-22-25-7-3-2-4-8-25/h2-5,7-10,12-15,17,23,29-31,33,35,40-41H,6,11,16,18-22H2,1H3,(H,37,44)/t23-,29+,30?,31+,33+,35+/m1/s1. The molecule has 6 atom stereocenters. The van der Waals surface area contributed by atoms with Crippen LogP contribution < -0.4 is 10.2 Å². The summed E-state index contributed by atoms with van der Waals surface area (Å²) in [7, 11) is 0. The molecule has 0 bridgehead atoms. The molecule has 0 saturated carbocycles. The summed E-state index contributed by atoms with van der Waals surface area (Å²) < 4.78 is 18.4. The zero-order valence-corrected chi connectivity index (χ0v) is 26.4. The number of rotatable bonds is 10. The maximum atomic E-state index is 13.4. The highest BCUT2D eigenvalue weighted by Gasteiger charge is 2.43. The largest absolute Gasteiger partial charge is 0.445 e. The minimum Gasteiger partial charge on any atom is -0.445 e. The summed E-state index contributed by atoms with van der Waals surface area (Å²) in [6.45, 7) is 3.66. The summed E-state index contributed by atoms with van der Waals surface area (Å²) in [6.07, 6.45) is -0.396. The van der Waals surface area contributed by atoms with Crippen LogP contribution in [0.5, 0.6) is 0 Å². The molecule has 3 N–H and O–H groups in total. The number of aliphatic hydroxyl groups excluding tert-OH is 2. The zero-order chi connectivity index (χ0) is 32.9. The fourth-order valence-corrected chi connectivity index (χ4v) is 6.63. The van der Waals surface area contributed by atoms with E-state index in [2.05, 4.69) is 17.1 Å². The molecule has 3 fully saturated rings. The number of imide groups is 1. The molecule has 3 heterocycles. The lowest BCUT2D eigenvalue weighted by Crippen LogP contribution is -2.46. The Bertz CT molecular complexity index is 1550. The van der Waals surface area contributed by atoms with Gasteiger partial charge in [-0.3, -0.25) is 14.5 Å². The van der Waals surface area contributed by atoms with E-state index in [1.807, 2.05) is 60.7 Å². The predicted octanol–water partition coefficient (Wildman–Crippen LogP) is 3.99. The molecule has 3 aliphatic heterocycles. The molecule has 1 unspecified atom stereocenters. The number of ether oxygens (including phenoxy) is 3. The van der Waals surface area contributed by atoms with E-state index in [1.54, 1.807) is 18.2 Å². The number of amides is 3. The van der Waals surface area contributed by atoms with Gasteiger partial charge in [0, 0.05) is 24.1 Å². The number of nitrogens with one attached hydrogen (secondary N) is 1. The Morgan fingerprint density at radius 2 is 1.74 bits per heavy atom. The Hall–Kier alpha value is -4.13. The second kappa shape index (κ2) is 14.7. The van der Waals surface area contributed by atoms with Crippen molar-refractivity contribution in [2.45, 2.75) is 70.0 Å². The smallest absolute Gasteiger partial charge is 0.408 e. The molecule has 0 radical (unpaired) electrons. The summed E-state index contributed by atoms with van der Waals surface area (Å²) in [6, 6.07) is 22.8. The van der Waals surface area contributed by atoms with Crippen LogP contribution >= 0.6 is 0 Å². The predicted molar refractivity (Wildman–Crippen MR) is 172 cm³/mol. The number of alkyl carbamates (subject to hydrolysis) is 1. The maximum Gasteiger partial charge on any atom is 0.408 e. The van der Waals surface area contributed by atoms with Crippen LogP contribution in [0.1, 0.15) is 60.8 Å². The van der Waals surface area contributed by atoms with Crippen molar-refractivity contribution >= 4 is 23.6 Å². The van der Waals surface area contributed by atoms with Crippen LogP contribution in [0.2, 0.25) is 0 Å². The third-order valence-electron chi connectivity index (χ3n) is 9.30. The number of anilines is 1. The lowest BCUT2D eigenvalue weighted by Gasteiger charge is -2.43. The second-order valence-electron chi connectivity index (χ2n) is 12.4. The topological polar surface area (TPSA) is 138 Å². The van der Waals surface area contributed by atoms with Crippen LogP contribution in [0.25, 0.3) is 0 Å². The first-order valence-corrected chi connectivity index (χ1v) is 16.1. The number of nitrogens with zero attached hydrogens (tertiary/aromatic N) is 2. The molecule has 3 saturated heterocycles. The van der Waals surface area contributed by atoms with E-state index in [0.717, 1.165) is 41.0 Å². The first kappa shape index (κ1) is 32.8. The highest BCUT2D eigenvalue weighted by atomic mass is 16.7. The molecule has 47 heavy (non-hydrogen) atoms. The van der Waals surface area contributed by atoms with Crippen molar-refractivity contribution in [1.82, 2.24) is 10.2 Å². The number of likely N-dealkylation sites (tertiary alicyclic amines) is 1. The normalized spacial score (nSPS) is 26.5. The molecule has 3 aromatic carbocycles. The molecule has 3 aromatic rings. The van der Waals surface area contributed by atoms with Gasteiger partial charge in [0.15, 0.2) is 6.29 Å². The Kier molecular flexibility index (Phi) is 10.3. The molecule has 3 aliphatic rings. The minimum absolute atomic E-state index is 0.0374. The number of carbonyl (C=O) groups excluding carboxylic acids is 3. The third-order valence-corrected chi connectivity index (χ3v) is 9.30. The first-order chi connectivity index (χ1) is 22.8. The summed E-state index contributed by atoms with van der Waals surface area (Å²) in [5.74, 6) is -1.03. The number of carbonyl (C=O) groups is 3. The molecule has 11 heteroatoms. The molecule has 248 valence electrons. The average Bonchev–Trinajstić information content (AvgIpc) is 3.67. The van der Waals surface area contributed by atoms with Crippen molar-refractivity contribution in [2.75, 3.05) is 24.6 Å².